The lowest BCUT2D eigenvalue weighted by atomic mass is 10.0. The van der Waals surface area contributed by atoms with Crippen LogP contribution in [0.3, 0.4) is 0 Å². The first-order chi connectivity index (χ1) is 20.1. The van der Waals surface area contributed by atoms with Crippen molar-refractivity contribution < 1.29 is 14.1 Å². The van der Waals surface area contributed by atoms with E-state index in [1.54, 1.807) is 6.08 Å². The lowest BCUT2D eigenvalue weighted by molar-refractivity contribution is -0.128. The Morgan fingerprint density at radius 1 is 0.634 bits per heavy atom. The van der Waals surface area contributed by atoms with E-state index >= 15 is 0 Å². The molecular weight excluding hydrogens is 526 g/mol. The number of benzene rings is 2. The molecule has 0 aliphatic rings. The van der Waals surface area contributed by atoms with Gasteiger partial charge in [-0.25, -0.2) is 0 Å². The highest BCUT2D eigenvalue weighted by molar-refractivity contribution is 7.92. The molecule has 0 saturated heterocycles. The number of carbonyl (C=O) groups excluding carboxylic acids is 2. The van der Waals surface area contributed by atoms with Crippen LogP contribution in [0, 0.1) is 0 Å². The molecule has 1 unspecified atom stereocenters. The summed E-state index contributed by atoms with van der Waals surface area (Å²) < 4.78 is 13.2. The fraction of sp³-hybridized carbons (Fsp3) is 0.278. The zero-order valence-corrected chi connectivity index (χ0v) is 24.9. The van der Waals surface area contributed by atoms with Gasteiger partial charge in [0.2, 0.25) is 5.91 Å². The molecule has 0 aliphatic carbocycles. The Kier molecular flexibility index (Phi) is 18.1. The number of carbonyl (C=O) groups is 2. The molecule has 5 heteroatoms. The first-order valence-corrected chi connectivity index (χ1v) is 15.7. The molecule has 2 aromatic carbocycles. The number of hydrogen-bond donors (Lipinski definition) is 1. The predicted molar refractivity (Wildman–Crippen MR) is 174 cm³/mol. The third-order valence-corrected chi connectivity index (χ3v) is 7.54. The van der Waals surface area contributed by atoms with Gasteiger partial charge in [0.15, 0.2) is 11.0 Å². The Morgan fingerprint density at radius 2 is 1.02 bits per heavy atom. The Labute approximate surface area is 249 Å². The van der Waals surface area contributed by atoms with Gasteiger partial charge in [0.1, 0.15) is 0 Å². The minimum Gasteiger partial charge on any atom is -0.615 e. The summed E-state index contributed by atoms with van der Waals surface area (Å²) in [6, 6.07) is 19.0. The molecule has 0 aromatic heterocycles. The van der Waals surface area contributed by atoms with Crippen LogP contribution in [0.15, 0.2) is 134 Å². The van der Waals surface area contributed by atoms with E-state index in [0.29, 0.717) is 6.42 Å². The van der Waals surface area contributed by atoms with Crippen LogP contribution < -0.4 is 5.32 Å². The maximum Gasteiger partial charge on any atom is 0.276 e. The number of nitrogens with one attached hydrogen (secondary N) is 1. The van der Waals surface area contributed by atoms with Crippen molar-refractivity contribution in [2.24, 2.45) is 0 Å². The number of amides is 2. The van der Waals surface area contributed by atoms with Crippen molar-refractivity contribution in [1.29, 1.82) is 0 Å². The van der Waals surface area contributed by atoms with Crippen molar-refractivity contribution >= 4 is 23.0 Å². The molecule has 216 valence electrons. The fourth-order valence-corrected chi connectivity index (χ4v) is 5.34. The SMILES string of the molecule is CC/C=C\C/C=C\C/C=C\C/C=C\C/C=C\C/C=C\CC(=O)NC(=O)C[S+]([O-])C(c1ccccc1)c1ccccc1. The molecular formula is C36H43NO3S. The van der Waals surface area contributed by atoms with Gasteiger partial charge in [-0.1, -0.05) is 140 Å². The number of allylic oxidation sites excluding steroid dienone is 11. The Hall–Kier alpha value is -3.67. The summed E-state index contributed by atoms with van der Waals surface area (Å²) in [7, 11) is 0. The predicted octanol–water partition coefficient (Wildman–Crippen LogP) is 8.26. The van der Waals surface area contributed by atoms with Crippen LogP contribution in [0.4, 0.5) is 0 Å². The second kappa shape index (κ2) is 22.1. The smallest absolute Gasteiger partial charge is 0.276 e. The van der Waals surface area contributed by atoms with Gasteiger partial charge in [-0.05, 0) is 49.7 Å². The normalized spacial score (nSPS) is 13.1. The third-order valence-electron chi connectivity index (χ3n) is 5.92. The van der Waals surface area contributed by atoms with E-state index < -0.39 is 28.2 Å². The van der Waals surface area contributed by atoms with Crippen LogP contribution in [0.1, 0.15) is 68.2 Å². The van der Waals surface area contributed by atoms with Gasteiger partial charge in [0.05, 0.1) is 0 Å². The van der Waals surface area contributed by atoms with E-state index in [0.717, 1.165) is 43.2 Å². The monoisotopic (exact) mass is 569 g/mol. The van der Waals surface area contributed by atoms with Crippen molar-refractivity contribution in [3.05, 3.63) is 145 Å². The summed E-state index contributed by atoms with van der Waals surface area (Å²) in [4.78, 5) is 24.6. The minimum absolute atomic E-state index is 0.101. The summed E-state index contributed by atoms with van der Waals surface area (Å²) in [5, 5.41) is 1.92. The molecule has 0 bridgehead atoms. The highest BCUT2D eigenvalue weighted by atomic mass is 32.2. The van der Waals surface area contributed by atoms with Gasteiger partial charge in [-0.3, -0.25) is 14.9 Å². The van der Waals surface area contributed by atoms with Crippen molar-refractivity contribution in [3.63, 3.8) is 0 Å². The van der Waals surface area contributed by atoms with Gasteiger partial charge >= 0.3 is 0 Å². The Bertz CT molecular complexity index is 1140. The molecule has 0 aliphatic heterocycles. The standard InChI is InChI=1S/C36H43NO3S/c1-2-3-4-5-6-7-8-9-10-11-12-13-14-15-16-17-18-25-30-34(38)37-35(39)31-41(40)36(32-26-21-19-22-27-32)33-28-23-20-24-29-33/h3-4,6-7,9-10,12-13,15-16,18-29,36H,2,5,8,11,14,17,30-31H2,1H3,(H,37,38,39)/b4-3-,7-6-,10-9-,13-12-,16-15-,25-18-. The second-order valence-electron chi connectivity index (χ2n) is 9.32. The van der Waals surface area contributed by atoms with Crippen LogP contribution in [-0.4, -0.2) is 22.1 Å². The topological polar surface area (TPSA) is 69.2 Å². The van der Waals surface area contributed by atoms with E-state index in [9.17, 15) is 14.1 Å². The van der Waals surface area contributed by atoms with Gasteiger partial charge < -0.3 is 4.55 Å². The summed E-state index contributed by atoms with van der Waals surface area (Å²) in [6.07, 6.45) is 30.9. The van der Waals surface area contributed by atoms with Crippen molar-refractivity contribution in [2.75, 3.05) is 5.75 Å². The molecule has 0 saturated carbocycles. The lowest BCUT2D eigenvalue weighted by Crippen LogP contribution is -2.36. The average Bonchev–Trinajstić information content (AvgIpc) is 2.97. The van der Waals surface area contributed by atoms with E-state index in [4.69, 9.17) is 0 Å². The highest BCUT2D eigenvalue weighted by Gasteiger charge is 2.29. The van der Waals surface area contributed by atoms with Crippen LogP contribution in [0.2, 0.25) is 0 Å². The molecule has 0 spiro atoms. The second-order valence-corrected chi connectivity index (χ2v) is 10.8. The van der Waals surface area contributed by atoms with Gasteiger partial charge in [0.25, 0.3) is 5.91 Å². The fourth-order valence-electron chi connectivity index (χ4n) is 3.92. The van der Waals surface area contributed by atoms with Crippen molar-refractivity contribution in [3.8, 4) is 0 Å². The summed E-state index contributed by atoms with van der Waals surface area (Å²) in [5.74, 6) is -1.18. The molecule has 1 atom stereocenters. The molecule has 2 rings (SSSR count). The van der Waals surface area contributed by atoms with E-state index in [1.165, 1.54) is 0 Å². The lowest BCUT2D eigenvalue weighted by Gasteiger charge is -2.22. The van der Waals surface area contributed by atoms with Crippen LogP contribution in [-0.2, 0) is 20.8 Å². The largest absolute Gasteiger partial charge is 0.615 e. The maximum atomic E-state index is 13.2. The molecule has 0 fully saturated rings. The molecule has 0 heterocycles. The molecule has 0 radical (unpaired) electrons. The number of rotatable bonds is 18. The minimum atomic E-state index is -1.53. The first-order valence-electron chi connectivity index (χ1n) is 14.3. The average molecular weight is 570 g/mol. The molecule has 2 aromatic rings. The number of hydrogen-bond acceptors (Lipinski definition) is 3. The summed E-state index contributed by atoms with van der Waals surface area (Å²) >= 11 is -1.53. The quantitative estimate of drug-likeness (QED) is 0.145. The van der Waals surface area contributed by atoms with Crippen molar-refractivity contribution in [1.82, 2.24) is 5.32 Å². The molecule has 41 heavy (non-hydrogen) atoms. The van der Waals surface area contributed by atoms with Gasteiger partial charge in [-0.2, -0.15) is 0 Å². The van der Waals surface area contributed by atoms with E-state index in [-0.39, 0.29) is 12.2 Å². The first kappa shape index (κ1) is 33.5. The zero-order valence-electron chi connectivity index (χ0n) is 24.1. The van der Waals surface area contributed by atoms with Crippen LogP contribution in [0.5, 0.6) is 0 Å². The molecule has 4 nitrogen and oxygen atoms in total. The molecule has 2 amide bonds. The highest BCUT2D eigenvalue weighted by Crippen LogP contribution is 2.30. The zero-order chi connectivity index (χ0) is 29.4. The van der Waals surface area contributed by atoms with Gasteiger partial charge in [0, 0.05) is 17.5 Å². The summed E-state index contributed by atoms with van der Waals surface area (Å²) in [6.45, 7) is 2.14. The summed E-state index contributed by atoms with van der Waals surface area (Å²) in [5.41, 5.74) is 1.74. The van der Waals surface area contributed by atoms with E-state index in [1.807, 2.05) is 72.8 Å². The van der Waals surface area contributed by atoms with E-state index in [2.05, 4.69) is 66.9 Å². The van der Waals surface area contributed by atoms with Crippen LogP contribution >= 0.6 is 0 Å². The third kappa shape index (κ3) is 15.6. The maximum absolute atomic E-state index is 13.2. The van der Waals surface area contributed by atoms with Crippen LogP contribution in [0.25, 0.3) is 0 Å². The number of imide groups is 1. The Balaban J connectivity index is 1.63. The van der Waals surface area contributed by atoms with Crippen molar-refractivity contribution in [2.45, 2.75) is 57.1 Å². The Morgan fingerprint density at radius 3 is 1.44 bits per heavy atom. The molecule has 1 N–H and O–H groups in total. The van der Waals surface area contributed by atoms with Gasteiger partial charge in [-0.15, -0.1) is 0 Å².